The number of nitrogens with one attached hydrogen (secondary N) is 1. The first-order valence-corrected chi connectivity index (χ1v) is 10.6. The number of esters is 1. The molecular weight excluding hydrogens is 366 g/mol. The Kier molecular flexibility index (Phi) is 8.43. The van der Waals surface area contributed by atoms with Crippen LogP contribution in [-0.4, -0.2) is 34.3 Å². The van der Waals surface area contributed by atoms with Crippen LogP contribution < -0.4 is 5.32 Å². The van der Waals surface area contributed by atoms with E-state index >= 15 is 0 Å². The van der Waals surface area contributed by atoms with Crippen LogP contribution in [0.5, 0.6) is 0 Å². The lowest BCUT2D eigenvalue weighted by atomic mass is 10.1. The van der Waals surface area contributed by atoms with Gasteiger partial charge < -0.3 is 10.1 Å². The lowest BCUT2D eigenvalue weighted by Gasteiger charge is -2.17. The van der Waals surface area contributed by atoms with E-state index in [1.807, 2.05) is 26.0 Å². The van der Waals surface area contributed by atoms with Crippen molar-refractivity contribution in [3.8, 4) is 5.69 Å². The summed E-state index contributed by atoms with van der Waals surface area (Å²) in [5.74, 6) is -0.306. The van der Waals surface area contributed by atoms with Gasteiger partial charge in [-0.2, -0.15) is 5.10 Å². The molecule has 6 nitrogen and oxygen atoms in total. The highest BCUT2D eigenvalue weighted by molar-refractivity contribution is 5.94. The van der Waals surface area contributed by atoms with Crippen LogP contribution in [0.4, 0.5) is 0 Å². The molecule has 0 atom stereocenters. The first-order valence-electron chi connectivity index (χ1n) is 10.6. The number of carbonyl (C=O) groups excluding carboxylic acids is 2. The Morgan fingerprint density at radius 1 is 1.07 bits per heavy atom. The van der Waals surface area contributed by atoms with Crippen LogP contribution in [0.25, 0.3) is 5.69 Å². The molecule has 0 aliphatic heterocycles. The van der Waals surface area contributed by atoms with Crippen molar-refractivity contribution in [2.45, 2.75) is 72.3 Å². The number of amides is 1. The van der Waals surface area contributed by atoms with E-state index in [4.69, 9.17) is 4.74 Å². The molecule has 0 fully saturated rings. The Labute approximate surface area is 173 Å². The quantitative estimate of drug-likeness (QED) is 0.579. The van der Waals surface area contributed by atoms with Gasteiger partial charge in [-0.25, -0.2) is 9.48 Å². The van der Waals surface area contributed by atoms with Gasteiger partial charge in [0.2, 0.25) is 0 Å². The van der Waals surface area contributed by atoms with Gasteiger partial charge in [0.25, 0.3) is 5.91 Å². The Morgan fingerprint density at radius 2 is 1.69 bits per heavy atom. The van der Waals surface area contributed by atoms with Gasteiger partial charge in [0.1, 0.15) is 0 Å². The second kappa shape index (κ2) is 10.8. The molecular formula is C23H33N3O3. The maximum absolute atomic E-state index is 12.6. The number of hydrogen-bond acceptors (Lipinski definition) is 4. The first-order chi connectivity index (χ1) is 13.9. The molecule has 0 aliphatic rings. The molecule has 1 aromatic heterocycles. The molecule has 29 heavy (non-hydrogen) atoms. The molecule has 0 bridgehead atoms. The summed E-state index contributed by atoms with van der Waals surface area (Å²) in [5.41, 5.74) is 2.63. The van der Waals surface area contributed by atoms with Gasteiger partial charge in [0.05, 0.1) is 12.3 Å². The fraction of sp³-hybridized carbons (Fsp3) is 0.522. The third-order valence-corrected chi connectivity index (χ3v) is 4.80. The lowest BCUT2D eigenvalue weighted by molar-refractivity contribution is 0.0518. The topological polar surface area (TPSA) is 73.2 Å². The molecule has 1 aromatic carbocycles. The summed E-state index contributed by atoms with van der Waals surface area (Å²) < 4.78 is 6.82. The molecule has 158 valence electrons. The van der Waals surface area contributed by atoms with Crippen molar-refractivity contribution >= 4 is 11.9 Å². The normalized spacial score (nSPS) is 11.1. The largest absolute Gasteiger partial charge is 0.461 e. The summed E-state index contributed by atoms with van der Waals surface area (Å²) >= 11 is 0. The summed E-state index contributed by atoms with van der Waals surface area (Å²) in [5, 5.41) is 7.57. The van der Waals surface area contributed by atoms with Crippen LogP contribution in [0.1, 0.15) is 92.8 Å². The maximum atomic E-state index is 12.6. The van der Waals surface area contributed by atoms with Crippen molar-refractivity contribution in [2.24, 2.45) is 0 Å². The van der Waals surface area contributed by atoms with Gasteiger partial charge >= 0.3 is 5.97 Å². The van der Waals surface area contributed by atoms with E-state index in [0.717, 1.165) is 37.1 Å². The van der Waals surface area contributed by atoms with Crippen molar-refractivity contribution in [3.05, 3.63) is 47.3 Å². The Morgan fingerprint density at radius 3 is 2.21 bits per heavy atom. The van der Waals surface area contributed by atoms with Crippen LogP contribution >= 0.6 is 0 Å². The summed E-state index contributed by atoms with van der Waals surface area (Å²) in [4.78, 5) is 24.7. The van der Waals surface area contributed by atoms with Gasteiger partial charge in [-0.15, -0.1) is 0 Å². The number of nitrogens with zero attached hydrogens (tertiary/aromatic N) is 2. The lowest BCUT2D eigenvalue weighted by Crippen LogP contribution is -2.34. The summed E-state index contributed by atoms with van der Waals surface area (Å²) in [6, 6.07) is 9.30. The average Bonchev–Trinajstić information content (AvgIpc) is 3.14. The van der Waals surface area contributed by atoms with Crippen molar-refractivity contribution in [1.82, 2.24) is 15.1 Å². The number of carbonyl (C=O) groups is 2. The standard InChI is InChI=1S/C23H33N3O3/c1-6-9-18(10-7-2)24-22(27)17-11-13-19(14-12-17)26-21(16(4)5)15-20(25-26)23(28)29-8-3/h11-16,18H,6-10H2,1-5H3,(H,24,27). The van der Waals surface area contributed by atoms with Crippen LogP contribution in [0.3, 0.4) is 0 Å². The van der Waals surface area contributed by atoms with Gasteiger partial charge in [0, 0.05) is 17.3 Å². The van der Waals surface area contributed by atoms with Gasteiger partial charge in [-0.1, -0.05) is 40.5 Å². The Hall–Kier alpha value is -2.63. The predicted molar refractivity (Wildman–Crippen MR) is 115 cm³/mol. The fourth-order valence-corrected chi connectivity index (χ4v) is 3.33. The zero-order chi connectivity index (χ0) is 21.4. The molecule has 6 heteroatoms. The second-order valence-electron chi connectivity index (χ2n) is 7.54. The number of hydrogen-bond donors (Lipinski definition) is 1. The van der Waals surface area contributed by atoms with Crippen molar-refractivity contribution < 1.29 is 14.3 Å². The average molecular weight is 400 g/mol. The monoisotopic (exact) mass is 399 g/mol. The van der Waals surface area contributed by atoms with Crippen molar-refractivity contribution in [2.75, 3.05) is 6.61 Å². The van der Waals surface area contributed by atoms with E-state index in [1.54, 1.807) is 29.8 Å². The number of rotatable bonds is 10. The van der Waals surface area contributed by atoms with Crippen molar-refractivity contribution in [3.63, 3.8) is 0 Å². The molecule has 0 unspecified atom stereocenters. The fourth-order valence-electron chi connectivity index (χ4n) is 3.33. The van der Waals surface area contributed by atoms with E-state index in [1.165, 1.54) is 0 Å². The van der Waals surface area contributed by atoms with E-state index in [9.17, 15) is 9.59 Å². The van der Waals surface area contributed by atoms with E-state index in [2.05, 4.69) is 24.3 Å². The third kappa shape index (κ3) is 5.92. The molecule has 0 spiro atoms. The highest BCUT2D eigenvalue weighted by atomic mass is 16.5. The molecule has 2 rings (SSSR count). The van der Waals surface area contributed by atoms with Crippen LogP contribution in [0.15, 0.2) is 30.3 Å². The molecule has 0 aliphatic carbocycles. The highest BCUT2D eigenvalue weighted by Gasteiger charge is 2.19. The third-order valence-electron chi connectivity index (χ3n) is 4.80. The van der Waals surface area contributed by atoms with E-state index < -0.39 is 5.97 Å². The van der Waals surface area contributed by atoms with Gasteiger partial charge in [-0.05, 0) is 56.0 Å². The minimum absolute atomic E-state index is 0.0554. The molecule has 0 saturated carbocycles. The summed E-state index contributed by atoms with van der Waals surface area (Å²) in [6.45, 7) is 10.4. The van der Waals surface area contributed by atoms with Crippen LogP contribution in [0, 0.1) is 0 Å². The maximum Gasteiger partial charge on any atom is 0.358 e. The zero-order valence-corrected chi connectivity index (χ0v) is 18.2. The minimum atomic E-state index is -0.429. The van der Waals surface area contributed by atoms with Gasteiger partial charge in [-0.3, -0.25) is 4.79 Å². The summed E-state index contributed by atoms with van der Waals surface area (Å²) in [6.07, 6.45) is 4.06. The Bertz CT molecular complexity index is 803. The van der Waals surface area contributed by atoms with Gasteiger partial charge in [0.15, 0.2) is 5.69 Å². The van der Waals surface area contributed by atoms with Crippen LogP contribution in [0.2, 0.25) is 0 Å². The molecule has 1 N–H and O–H groups in total. The number of benzene rings is 1. The number of ether oxygens (including phenoxy) is 1. The molecule has 1 heterocycles. The molecule has 0 saturated heterocycles. The first kappa shape index (κ1) is 22.7. The number of aromatic nitrogens is 2. The van der Waals surface area contributed by atoms with Crippen molar-refractivity contribution in [1.29, 1.82) is 0 Å². The predicted octanol–water partition coefficient (Wildman–Crippen LogP) is 4.87. The smallest absolute Gasteiger partial charge is 0.358 e. The van der Waals surface area contributed by atoms with E-state index in [-0.39, 0.29) is 17.9 Å². The molecule has 2 aromatic rings. The molecule has 0 radical (unpaired) electrons. The SMILES string of the molecule is CCCC(CCC)NC(=O)c1ccc(-n2nc(C(=O)OCC)cc2C(C)C)cc1. The zero-order valence-electron chi connectivity index (χ0n) is 18.2. The highest BCUT2D eigenvalue weighted by Crippen LogP contribution is 2.21. The minimum Gasteiger partial charge on any atom is -0.461 e. The second-order valence-corrected chi connectivity index (χ2v) is 7.54. The Balaban J connectivity index is 2.23. The van der Waals surface area contributed by atoms with E-state index in [0.29, 0.717) is 17.9 Å². The van der Waals surface area contributed by atoms with Crippen LogP contribution in [-0.2, 0) is 4.74 Å². The molecule has 1 amide bonds. The summed E-state index contributed by atoms with van der Waals surface area (Å²) in [7, 11) is 0.